The Bertz CT molecular complexity index is 340. The molecule has 1 heterocycles. The van der Waals surface area contributed by atoms with Crippen molar-refractivity contribution in [3.05, 3.63) is 11.1 Å². The van der Waals surface area contributed by atoms with E-state index in [1.54, 1.807) is 0 Å². The number of hydrogen-bond acceptors (Lipinski definition) is 6. The number of rotatable bonds is 5. The summed E-state index contributed by atoms with van der Waals surface area (Å²) in [5.41, 5.74) is 0. The highest BCUT2D eigenvalue weighted by Crippen LogP contribution is 2.01. The van der Waals surface area contributed by atoms with E-state index in [2.05, 4.69) is 19.6 Å². The maximum atomic E-state index is 11.4. The molecule has 2 N–H and O–H groups in total. The Morgan fingerprint density at radius 2 is 2.47 bits per heavy atom. The highest BCUT2D eigenvalue weighted by atomic mass is 32.1. The van der Waals surface area contributed by atoms with Crippen molar-refractivity contribution in [2.24, 2.45) is 0 Å². The van der Waals surface area contributed by atoms with Gasteiger partial charge in [-0.05, 0) is 11.5 Å². The second kappa shape index (κ2) is 5.37. The summed E-state index contributed by atoms with van der Waals surface area (Å²) in [6.07, 6.45) is 1.27. The number of carbonyl (C=O) groups is 2. The van der Waals surface area contributed by atoms with Crippen LogP contribution in [0.2, 0.25) is 0 Å². The van der Waals surface area contributed by atoms with Crippen LogP contribution in [-0.4, -0.2) is 46.3 Å². The van der Waals surface area contributed by atoms with E-state index in [1.807, 2.05) is 0 Å². The molecule has 1 aromatic rings. The fourth-order valence-electron chi connectivity index (χ4n) is 0.838. The molecule has 1 rings (SSSR count). The van der Waals surface area contributed by atoms with Crippen LogP contribution in [0.25, 0.3) is 0 Å². The van der Waals surface area contributed by atoms with Crippen LogP contribution >= 0.6 is 11.5 Å². The second-order valence-electron chi connectivity index (χ2n) is 2.60. The Morgan fingerprint density at radius 1 is 1.73 bits per heavy atom. The lowest BCUT2D eigenvalue weighted by molar-refractivity contribution is -0.140. The van der Waals surface area contributed by atoms with Crippen LogP contribution in [0.3, 0.4) is 0 Å². The number of hydrogen-bond donors (Lipinski definition) is 2. The topological polar surface area (TPSA) is 101 Å². The molecule has 1 amide bonds. The minimum atomic E-state index is -1.15. The molecule has 0 bridgehead atoms. The van der Waals surface area contributed by atoms with Crippen molar-refractivity contribution in [2.75, 3.05) is 13.7 Å². The van der Waals surface area contributed by atoms with Crippen molar-refractivity contribution in [2.45, 2.75) is 6.04 Å². The third-order valence-electron chi connectivity index (χ3n) is 1.52. The van der Waals surface area contributed by atoms with Gasteiger partial charge in [-0.2, -0.15) is 0 Å². The zero-order valence-corrected chi connectivity index (χ0v) is 8.65. The van der Waals surface area contributed by atoms with Crippen LogP contribution < -0.4 is 5.32 Å². The number of carbonyl (C=O) groups excluding carboxylic acids is 1. The van der Waals surface area contributed by atoms with E-state index < -0.39 is 17.9 Å². The fraction of sp³-hybridized carbons (Fsp3) is 0.429. The van der Waals surface area contributed by atoms with Gasteiger partial charge in [0, 0.05) is 7.11 Å². The lowest BCUT2D eigenvalue weighted by Gasteiger charge is -2.11. The average Bonchev–Trinajstić information content (AvgIpc) is 2.69. The number of nitrogens with one attached hydrogen (secondary N) is 1. The zero-order valence-electron chi connectivity index (χ0n) is 7.84. The van der Waals surface area contributed by atoms with Crippen LogP contribution in [0, 0.1) is 0 Å². The molecule has 8 heteroatoms. The molecule has 0 aromatic carbocycles. The standard InChI is InChI=1S/C7H9N3O4S/c1-14-3-4(7(12)13)9-6(11)5-2-8-10-15-5/h2,4H,3H2,1H3,(H,9,11)(H,12,13). The van der Waals surface area contributed by atoms with E-state index in [9.17, 15) is 9.59 Å². The Kier molecular flexibility index (Phi) is 4.13. The molecular weight excluding hydrogens is 222 g/mol. The number of carboxylic acid groups (broad SMARTS) is 1. The predicted octanol–water partition coefficient (Wildman–Crippen LogP) is -0.633. The van der Waals surface area contributed by atoms with Gasteiger partial charge in [-0.15, -0.1) is 5.10 Å². The van der Waals surface area contributed by atoms with Crippen molar-refractivity contribution in [3.8, 4) is 0 Å². The van der Waals surface area contributed by atoms with Crippen molar-refractivity contribution in [3.63, 3.8) is 0 Å². The van der Waals surface area contributed by atoms with Crippen molar-refractivity contribution in [1.29, 1.82) is 0 Å². The minimum absolute atomic E-state index is 0.0900. The minimum Gasteiger partial charge on any atom is -0.480 e. The molecule has 0 saturated heterocycles. The summed E-state index contributed by atoms with van der Waals surface area (Å²) in [5.74, 6) is -1.67. The quantitative estimate of drug-likeness (QED) is 0.699. The van der Waals surface area contributed by atoms with Crippen LogP contribution in [0.5, 0.6) is 0 Å². The van der Waals surface area contributed by atoms with Crippen molar-refractivity contribution < 1.29 is 19.4 Å². The summed E-state index contributed by atoms with van der Waals surface area (Å²) in [7, 11) is 1.36. The first-order valence-corrected chi connectivity index (χ1v) is 4.72. The summed E-state index contributed by atoms with van der Waals surface area (Å²) in [4.78, 5) is 22.3. The van der Waals surface area contributed by atoms with Gasteiger partial charge in [0.2, 0.25) is 0 Å². The number of nitrogens with zero attached hydrogens (tertiary/aromatic N) is 2. The number of ether oxygens (including phenoxy) is 1. The van der Waals surface area contributed by atoms with Crippen LogP contribution in [0.4, 0.5) is 0 Å². The molecule has 0 aliphatic carbocycles. The third-order valence-corrected chi connectivity index (χ3v) is 2.19. The van der Waals surface area contributed by atoms with Gasteiger partial charge in [-0.25, -0.2) is 4.79 Å². The SMILES string of the molecule is COCC(NC(=O)c1cnns1)C(=O)O. The summed E-state index contributed by atoms with van der Waals surface area (Å²) in [6.45, 7) is -0.0900. The lowest BCUT2D eigenvalue weighted by atomic mass is 10.3. The van der Waals surface area contributed by atoms with Crippen LogP contribution in [0.15, 0.2) is 6.20 Å². The van der Waals surface area contributed by atoms with Gasteiger partial charge in [-0.1, -0.05) is 4.49 Å². The van der Waals surface area contributed by atoms with E-state index in [-0.39, 0.29) is 11.5 Å². The van der Waals surface area contributed by atoms with E-state index in [0.717, 1.165) is 11.5 Å². The Labute approximate surface area is 89.2 Å². The fourth-order valence-corrected chi connectivity index (χ4v) is 1.26. The summed E-state index contributed by atoms with van der Waals surface area (Å²) in [6, 6.07) is -1.07. The monoisotopic (exact) mass is 231 g/mol. The number of aliphatic carboxylic acids is 1. The maximum absolute atomic E-state index is 11.4. The number of amides is 1. The third kappa shape index (κ3) is 3.26. The summed E-state index contributed by atoms with van der Waals surface area (Å²) in [5, 5.41) is 14.5. The molecule has 82 valence electrons. The van der Waals surface area contributed by atoms with Gasteiger partial charge >= 0.3 is 5.97 Å². The molecule has 0 spiro atoms. The van der Waals surface area contributed by atoms with Gasteiger partial charge in [0.05, 0.1) is 12.8 Å². The molecule has 15 heavy (non-hydrogen) atoms. The van der Waals surface area contributed by atoms with Crippen LogP contribution in [0.1, 0.15) is 9.67 Å². The predicted molar refractivity (Wildman–Crippen MR) is 50.7 cm³/mol. The largest absolute Gasteiger partial charge is 0.480 e. The number of methoxy groups -OCH3 is 1. The summed E-state index contributed by atoms with van der Waals surface area (Å²) < 4.78 is 8.15. The molecule has 7 nitrogen and oxygen atoms in total. The highest BCUT2D eigenvalue weighted by molar-refractivity contribution is 7.07. The Morgan fingerprint density at radius 3 is 2.93 bits per heavy atom. The van der Waals surface area contributed by atoms with Crippen LogP contribution in [-0.2, 0) is 9.53 Å². The number of carboxylic acids is 1. The van der Waals surface area contributed by atoms with Gasteiger partial charge in [0.15, 0.2) is 6.04 Å². The normalized spacial score (nSPS) is 12.1. The number of aromatic nitrogens is 2. The lowest BCUT2D eigenvalue weighted by Crippen LogP contribution is -2.43. The first kappa shape index (κ1) is 11.5. The van der Waals surface area contributed by atoms with Gasteiger partial charge in [0.1, 0.15) is 4.88 Å². The molecule has 1 atom stereocenters. The molecule has 1 unspecified atom stereocenters. The molecule has 1 aromatic heterocycles. The molecule has 0 saturated carbocycles. The van der Waals surface area contributed by atoms with Crippen molar-refractivity contribution >= 4 is 23.4 Å². The molecule has 0 aliphatic rings. The first-order chi connectivity index (χ1) is 7.15. The molecule has 0 fully saturated rings. The average molecular weight is 231 g/mol. The van der Waals surface area contributed by atoms with E-state index in [0.29, 0.717) is 0 Å². The molecule has 0 aliphatic heterocycles. The summed E-state index contributed by atoms with van der Waals surface area (Å²) >= 11 is 0.896. The zero-order chi connectivity index (χ0) is 11.3. The van der Waals surface area contributed by atoms with Crippen molar-refractivity contribution in [1.82, 2.24) is 14.9 Å². The first-order valence-electron chi connectivity index (χ1n) is 3.95. The van der Waals surface area contributed by atoms with E-state index in [4.69, 9.17) is 5.11 Å². The second-order valence-corrected chi connectivity index (χ2v) is 3.39. The smallest absolute Gasteiger partial charge is 0.328 e. The van der Waals surface area contributed by atoms with Gasteiger partial charge < -0.3 is 15.2 Å². The Hall–Kier alpha value is -1.54. The molecule has 0 radical (unpaired) electrons. The molecular formula is C7H9N3O4S. The highest BCUT2D eigenvalue weighted by Gasteiger charge is 2.21. The van der Waals surface area contributed by atoms with E-state index >= 15 is 0 Å². The van der Waals surface area contributed by atoms with E-state index in [1.165, 1.54) is 13.3 Å². The van der Waals surface area contributed by atoms with Gasteiger partial charge in [0.25, 0.3) is 5.91 Å². The van der Waals surface area contributed by atoms with Gasteiger partial charge in [-0.3, -0.25) is 4.79 Å². The maximum Gasteiger partial charge on any atom is 0.328 e. The Balaban J connectivity index is 2.59.